The summed E-state index contributed by atoms with van der Waals surface area (Å²) in [5.74, 6) is -0.880. The molecule has 0 radical (unpaired) electrons. The first-order chi connectivity index (χ1) is 15.5. The molecule has 7 heteroatoms. The molecule has 0 aliphatic carbocycles. The minimum absolute atomic E-state index is 0.0111. The number of carboxylic acids is 1. The highest BCUT2D eigenvalue weighted by Crippen LogP contribution is 2.43. The molecule has 0 bridgehead atoms. The Hall–Kier alpha value is -2.31. The third kappa shape index (κ3) is 6.84. The molecule has 3 atom stereocenters. The molecule has 3 unspecified atom stereocenters. The molecule has 1 heterocycles. The largest absolute Gasteiger partial charge is 0.481 e. The van der Waals surface area contributed by atoms with Crippen molar-refractivity contribution in [2.75, 3.05) is 6.54 Å². The maximum Gasteiger partial charge on any atom is 0.416 e. The van der Waals surface area contributed by atoms with Crippen molar-refractivity contribution in [2.24, 2.45) is 5.92 Å². The Kier molecular flexibility index (Phi) is 8.24. The summed E-state index contributed by atoms with van der Waals surface area (Å²) in [6.45, 7) is 6.66. The Morgan fingerprint density at radius 1 is 1.18 bits per heavy atom. The summed E-state index contributed by atoms with van der Waals surface area (Å²) in [6.07, 6.45) is -1.43. The molecular formula is C26H29ClF3NO2. The molecule has 0 aromatic heterocycles. The van der Waals surface area contributed by atoms with E-state index in [2.05, 4.69) is 11.5 Å². The average molecular weight is 480 g/mol. The number of nitrogens with zero attached hydrogens (tertiary/aromatic N) is 1. The van der Waals surface area contributed by atoms with Gasteiger partial charge in [-0.15, -0.1) is 6.58 Å². The summed E-state index contributed by atoms with van der Waals surface area (Å²) in [6, 6.07) is 12.8. The Morgan fingerprint density at radius 3 is 2.36 bits per heavy atom. The molecule has 0 amide bonds. The normalized spacial score (nSPS) is 20.4. The third-order valence-electron chi connectivity index (χ3n) is 6.34. The lowest BCUT2D eigenvalue weighted by molar-refractivity contribution is -0.139. The third-order valence-corrected chi connectivity index (χ3v) is 6.59. The molecule has 1 fully saturated rings. The second kappa shape index (κ2) is 10.7. The van der Waals surface area contributed by atoms with E-state index in [1.165, 1.54) is 12.1 Å². The predicted octanol–water partition coefficient (Wildman–Crippen LogP) is 7.68. The van der Waals surface area contributed by atoms with E-state index in [1.54, 1.807) is 0 Å². The number of benzene rings is 2. The second-order valence-electron chi connectivity index (χ2n) is 8.92. The predicted molar refractivity (Wildman–Crippen MR) is 124 cm³/mol. The van der Waals surface area contributed by atoms with Crippen molar-refractivity contribution in [1.29, 1.82) is 0 Å². The fraction of sp³-hybridized carbons (Fsp3) is 0.423. The SMILES string of the molecule is C=C(C)CCC(c1ccc(Cl)cc1)N1CCC(CC(=O)O)CC1c1ccc(C(F)(F)F)cc1. The van der Waals surface area contributed by atoms with Crippen LogP contribution in [-0.4, -0.2) is 22.5 Å². The van der Waals surface area contributed by atoms with Crippen LogP contribution in [0.15, 0.2) is 60.7 Å². The lowest BCUT2D eigenvalue weighted by Gasteiger charge is -2.44. The van der Waals surface area contributed by atoms with Gasteiger partial charge >= 0.3 is 12.1 Å². The number of alkyl halides is 3. The maximum atomic E-state index is 13.1. The topological polar surface area (TPSA) is 40.5 Å². The van der Waals surface area contributed by atoms with Crippen molar-refractivity contribution < 1.29 is 23.1 Å². The van der Waals surface area contributed by atoms with Crippen LogP contribution in [0.25, 0.3) is 0 Å². The van der Waals surface area contributed by atoms with E-state index in [1.807, 2.05) is 31.2 Å². The molecule has 0 spiro atoms. The fourth-order valence-corrected chi connectivity index (χ4v) is 4.80. The molecule has 1 aliphatic heterocycles. The Morgan fingerprint density at radius 2 is 1.82 bits per heavy atom. The van der Waals surface area contributed by atoms with Crippen molar-refractivity contribution >= 4 is 17.6 Å². The first-order valence-electron chi connectivity index (χ1n) is 11.1. The lowest BCUT2D eigenvalue weighted by Crippen LogP contribution is -2.40. The zero-order valence-electron chi connectivity index (χ0n) is 18.6. The summed E-state index contributed by atoms with van der Waals surface area (Å²) in [5.41, 5.74) is 2.22. The van der Waals surface area contributed by atoms with Crippen LogP contribution in [0, 0.1) is 5.92 Å². The quantitative estimate of drug-likeness (QED) is 0.394. The van der Waals surface area contributed by atoms with Crippen LogP contribution in [0.4, 0.5) is 13.2 Å². The van der Waals surface area contributed by atoms with Gasteiger partial charge in [0.05, 0.1) is 5.56 Å². The van der Waals surface area contributed by atoms with Crippen LogP contribution in [0.3, 0.4) is 0 Å². The number of piperidine rings is 1. The summed E-state index contributed by atoms with van der Waals surface area (Å²) < 4.78 is 39.3. The molecule has 1 aliphatic rings. The van der Waals surface area contributed by atoms with Crippen molar-refractivity contribution in [3.05, 3.63) is 82.4 Å². The van der Waals surface area contributed by atoms with Gasteiger partial charge in [-0.25, -0.2) is 0 Å². The molecule has 0 saturated carbocycles. The van der Waals surface area contributed by atoms with Crippen LogP contribution in [0.1, 0.15) is 67.8 Å². The summed E-state index contributed by atoms with van der Waals surface area (Å²) in [4.78, 5) is 13.7. The van der Waals surface area contributed by atoms with Gasteiger partial charge in [-0.3, -0.25) is 9.69 Å². The number of carbonyl (C=O) groups is 1. The minimum Gasteiger partial charge on any atom is -0.481 e. The number of carboxylic acid groups (broad SMARTS) is 1. The lowest BCUT2D eigenvalue weighted by atomic mass is 9.82. The smallest absolute Gasteiger partial charge is 0.416 e. The van der Waals surface area contributed by atoms with Gasteiger partial charge in [-0.1, -0.05) is 41.4 Å². The van der Waals surface area contributed by atoms with Crippen LogP contribution in [0.5, 0.6) is 0 Å². The monoisotopic (exact) mass is 479 g/mol. The van der Waals surface area contributed by atoms with Crippen LogP contribution in [-0.2, 0) is 11.0 Å². The van der Waals surface area contributed by atoms with Crippen molar-refractivity contribution in [3.63, 3.8) is 0 Å². The molecule has 2 aromatic rings. The van der Waals surface area contributed by atoms with Gasteiger partial charge in [-0.05, 0) is 80.5 Å². The maximum absolute atomic E-state index is 13.1. The Balaban J connectivity index is 1.97. The molecule has 178 valence electrons. The molecule has 1 N–H and O–H groups in total. The van der Waals surface area contributed by atoms with E-state index in [0.29, 0.717) is 18.0 Å². The van der Waals surface area contributed by atoms with Crippen LogP contribution >= 0.6 is 11.6 Å². The number of hydrogen-bond donors (Lipinski definition) is 1. The first kappa shape index (κ1) is 25.3. The van der Waals surface area contributed by atoms with Crippen molar-refractivity contribution in [3.8, 4) is 0 Å². The number of likely N-dealkylation sites (tertiary alicyclic amines) is 1. The molecule has 2 aromatic carbocycles. The number of aliphatic carboxylic acids is 1. The standard InChI is InChI=1S/C26H29ClF3NO2/c1-17(2)3-12-23(19-6-10-22(27)11-7-19)31-14-13-18(16-25(32)33)15-24(31)20-4-8-21(9-5-20)26(28,29)30/h4-11,18,23-24H,1,3,12-16H2,2H3,(H,32,33). The second-order valence-corrected chi connectivity index (χ2v) is 9.36. The zero-order valence-corrected chi connectivity index (χ0v) is 19.4. The van der Waals surface area contributed by atoms with E-state index in [4.69, 9.17) is 11.6 Å². The first-order valence-corrected chi connectivity index (χ1v) is 11.5. The number of rotatable bonds is 8. The molecule has 1 saturated heterocycles. The highest BCUT2D eigenvalue weighted by Gasteiger charge is 2.36. The van der Waals surface area contributed by atoms with Crippen molar-refractivity contribution in [1.82, 2.24) is 4.90 Å². The van der Waals surface area contributed by atoms with E-state index in [9.17, 15) is 23.1 Å². The van der Waals surface area contributed by atoms with E-state index in [-0.39, 0.29) is 24.4 Å². The highest BCUT2D eigenvalue weighted by molar-refractivity contribution is 6.30. The average Bonchev–Trinajstić information content (AvgIpc) is 2.74. The van der Waals surface area contributed by atoms with Crippen molar-refractivity contribution in [2.45, 2.75) is 57.3 Å². The molecule has 3 rings (SSSR count). The fourth-order valence-electron chi connectivity index (χ4n) is 4.68. The van der Waals surface area contributed by atoms with Gasteiger partial charge in [0, 0.05) is 23.5 Å². The van der Waals surface area contributed by atoms with Gasteiger partial charge in [0.25, 0.3) is 0 Å². The highest BCUT2D eigenvalue weighted by atomic mass is 35.5. The summed E-state index contributed by atoms with van der Waals surface area (Å²) in [7, 11) is 0. The number of allylic oxidation sites excluding steroid dienone is 1. The molecule has 33 heavy (non-hydrogen) atoms. The Labute approximate surface area is 197 Å². The number of halogens is 4. The Bertz CT molecular complexity index is 957. The number of hydrogen-bond acceptors (Lipinski definition) is 2. The van der Waals surface area contributed by atoms with E-state index in [0.717, 1.165) is 48.1 Å². The van der Waals surface area contributed by atoms with E-state index < -0.39 is 17.7 Å². The molecule has 3 nitrogen and oxygen atoms in total. The molecular weight excluding hydrogens is 451 g/mol. The summed E-state index contributed by atoms with van der Waals surface area (Å²) in [5, 5.41) is 9.95. The zero-order chi connectivity index (χ0) is 24.2. The minimum atomic E-state index is -4.40. The van der Waals surface area contributed by atoms with Crippen LogP contribution in [0.2, 0.25) is 5.02 Å². The van der Waals surface area contributed by atoms with Gasteiger partial charge in [0.15, 0.2) is 0 Å². The van der Waals surface area contributed by atoms with Crippen LogP contribution < -0.4 is 0 Å². The van der Waals surface area contributed by atoms with Gasteiger partial charge < -0.3 is 5.11 Å². The summed E-state index contributed by atoms with van der Waals surface area (Å²) >= 11 is 6.10. The van der Waals surface area contributed by atoms with Gasteiger partial charge in [0.1, 0.15) is 0 Å². The van der Waals surface area contributed by atoms with Gasteiger partial charge in [0.2, 0.25) is 0 Å². The van der Waals surface area contributed by atoms with E-state index >= 15 is 0 Å². The van der Waals surface area contributed by atoms with Gasteiger partial charge in [-0.2, -0.15) is 13.2 Å².